The fourth-order valence-corrected chi connectivity index (χ4v) is 2.95. The molecule has 2 aromatic heterocycles. The maximum Gasteiger partial charge on any atom is 0.259 e. The number of amides is 1. The minimum atomic E-state index is -0.124. The van der Waals surface area contributed by atoms with Crippen molar-refractivity contribution in [1.82, 2.24) is 9.97 Å². The zero-order chi connectivity index (χ0) is 17.6. The lowest BCUT2D eigenvalue weighted by molar-refractivity contribution is 0.0992. The summed E-state index contributed by atoms with van der Waals surface area (Å²) in [6.45, 7) is 0. The van der Waals surface area contributed by atoms with E-state index >= 15 is 0 Å². The van der Waals surface area contributed by atoms with Crippen LogP contribution in [0.3, 0.4) is 0 Å². The van der Waals surface area contributed by atoms with Gasteiger partial charge in [-0.05, 0) is 48.5 Å². The highest BCUT2D eigenvalue weighted by molar-refractivity contribution is 7.99. The first kappa shape index (κ1) is 17.0. The predicted molar refractivity (Wildman–Crippen MR) is 98.3 cm³/mol. The van der Waals surface area contributed by atoms with Crippen molar-refractivity contribution in [2.75, 3.05) is 19.1 Å². The van der Waals surface area contributed by atoms with Crippen LogP contribution in [0.2, 0.25) is 0 Å². The second-order valence-electron chi connectivity index (χ2n) is 5.24. The molecule has 0 spiro atoms. The van der Waals surface area contributed by atoms with Crippen LogP contribution in [0.4, 0.5) is 5.69 Å². The largest absolute Gasteiger partial charge is 0.497 e. The fourth-order valence-electron chi connectivity index (χ4n) is 2.19. The topological polar surface area (TPSA) is 55.3 Å². The standard InChI is InChI=1S/C19H17N3O2S/c1-22(15-4-3-11-20-13-15)19(23)14-5-10-18(21-12-14)25-17-8-6-16(24-2)7-9-17/h3-13H,1-2H3. The number of benzene rings is 1. The van der Waals surface area contributed by atoms with E-state index in [1.54, 1.807) is 49.8 Å². The molecule has 25 heavy (non-hydrogen) atoms. The summed E-state index contributed by atoms with van der Waals surface area (Å²) in [7, 11) is 3.36. The van der Waals surface area contributed by atoms with Crippen molar-refractivity contribution in [3.05, 3.63) is 72.7 Å². The third-order valence-electron chi connectivity index (χ3n) is 3.60. The number of pyridine rings is 2. The first-order valence-electron chi connectivity index (χ1n) is 7.63. The van der Waals surface area contributed by atoms with Gasteiger partial charge in [-0.25, -0.2) is 4.98 Å². The molecular weight excluding hydrogens is 334 g/mol. The lowest BCUT2D eigenvalue weighted by atomic mass is 10.2. The van der Waals surface area contributed by atoms with Crippen molar-refractivity contribution in [2.24, 2.45) is 0 Å². The van der Waals surface area contributed by atoms with Crippen molar-refractivity contribution in [3.63, 3.8) is 0 Å². The average Bonchev–Trinajstić information content (AvgIpc) is 2.69. The number of anilines is 1. The third kappa shape index (κ3) is 4.16. The van der Waals surface area contributed by atoms with Crippen LogP contribution in [-0.2, 0) is 0 Å². The molecule has 3 rings (SSSR count). The molecule has 0 atom stereocenters. The number of carbonyl (C=O) groups is 1. The molecule has 0 aliphatic carbocycles. The van der Waals surface area contributed by atoms with Gasteiger partial charge in [0.05, 0.1) is 24.6 Å². The second-order valence-corrected chi connectivity index (χ2v) is 6.33. The first-order valence-corrected chi connectivity index (χ1v) is 8.45. The van der Waals surface area contributed by atoms with Gasteiger partial charge in [-0.3, -0.25) is 9.78 Å². The maximum absolute atomic E-state index is 12.5. The molecule has 0 aliphatic rings. The summed E-state index contributed by atoms with van der Waals surface area (Å²) in [5.41, 5.74) is 1.27. The van der Waals surface area contributed by atoms with E-state index in [0.717, 1.165) is 21.4 Å². The first-order chi connectivity index (χ1) is 12.2. The molecule has 0 saturated heterocycles. The van der Waals surface area contributed by atoms with E-state index < -0.39 is 0 Å². The van der Waals surface area contributed by atoms with Gasteiger partial charge in [0.25, 0.3) is 5.91 Å². The Morgan fingerprint density at radius 2 is 1.88 bits per heavy atom. The van der Waals surface area contributed by atoms with Crippen LogP contribution in [0, 0.1) is 0 Å². The number of nitrogens with zero attached hydrogens (tertiary/aromatic N) is 3. The zero-order valence-corrected chi connectivity index (χ0v) is 14.7. The molecule has 126 valence electrons. The van der Waals surface area contributed by atoms with Crippen LogP contribution >= 0.6 is 11.8 Å². The van der Waals surface area contributed by atoms with Crippen LogP contribution in [-0.4, -0.2) is 30.0 Å². The molecule has 0 N–H and O–H groups in total. The number of aromatic nitrogens is 2. The van der Waals surface area contributed by atoms with Crippen molar-refractivity contribution < 1.29 is 9.53 Å². The van der Waals surface area contributed by atoms with Gasteiger partial charge in [0, 0.05) is 24.3 Å². The Bertz CT molecular complexity index is 837. The number of hydrogen-bond donors (Lipinski definition) is 0. The van der Waals surface area contributed by atoms with E-state index in [9.17, 15) is 4.79 Å². The summed E-state index contributed by atoms with van der Waals surface area (Å²) >= 11 is 1.53. The summed E-state index contributed by atoms with van der Waals surface area (Å²) in [5.74, 6) is 0.693. The Balaban J connectivity index is 1.70. The average molecular weight is 351 g/mol. The zero-order valence-electron chi connectivity index (χ0n) is 13.9. The molecule has 3 aromatic rings. The van der Waals surface area contributed by atoms with Gasteiger partial charge in [0.15, 0.2) is 0 Å². The van der Waals surface area contributed by atoms with Crippen LogP contribution < -0.4 is 9.64 Å². The summed E-state index contributed by atoms with van der Waals surface area (Å²) in [5, 5.41) is 0.825. The predicted octanol–water partition coefficient (Wildman–Crippen LogP) is 3.91. The lowest BCUT2D eigenvalue weighted by Gasteiger charge is -2.16. The molecule has 1 aromatic carbocycles. The molecule has 0 aliphatic heterocycles. The lowest BCUT2D eigenvalue weighted by Crippen LogP contribution is -2.26. The highest BCUT2D eigenvalue weighted by Gasteiger charge is 2.14. The van der Waals surface area contributed by atoms with E-state index in [-0.39, 0.29) is 5.91 Å². The van der Waals surface area contributed by atoms with Gasteiger partial charge in [-0.15, -0.1) is 0 Å². The summed E-state index contributed by atoms with van der Waals surface area (Å²) in [4.78, 5) is 23.5. The molecule has 0 radical (unpaired) electrons. The van der Waals surface area contributed by atoms with E-state index in [4.69, 9.17) is 4.74 Å². The van der Waals surface area contributed by atoms with Crippen molar-refractivity contribution in [3.8, 4) is 5.75 Å². The number of hydrogen-bond acceptors (Lipinski definition) is 5. The smallest absolute Gasteiger partial charge is 0.259 e. The van der Waals surface area contributed by atoms with Crippen molar-refractivity contribution in [2.45, 2.75) is 9.92 Å². The quantitative estimate of drug-likeness (QED) is 0.697. The summed E-state index contributed by atoms with van der Waals surface area (Å²) in [6.07, 6.45) is 4.93. The summed E-state index contributed by atoms with van der Waals surface area (Å²) < 4.78 is 5.15. The second kappa shape index (κ2) is 7.81. The minimum absolute atomic E-state index is 0.124. The third-order valence-corrected chi connectivity index (χ3v) is 4.56. The number of carbonyl (C=O) groups excluding carboxylic acids is 1. The highest BCUT2D eigenvalue weighted by atomic mass is 32.2. The molecule has 0 bridgehead atoms. The molecule has 0 unspecified atom stereocenters. The monoisotopic (exact) mass is 351 g/mol. The Hall–Kier alpha value is -2.86. The van der Waals surface area contributed by atoms with E-state index in [2.05, 4.69) is 9.97 Å². The van der Waals surface area contributed by atoms with Gasteiger partial charge in [0.1, 0.15) is 10.8 Å². The van der Waals surface area contributed by atoms with Gasteiger partial charge >= 0.3 is 0 Å². The number of ether oxygens (including phenoxy) is 1. The highest BCUT2D eigenvalue weighted by Crippen LogP contribution is 2.27. The van der Waals surface area contributed by atoms with Gasteiger partial charge in [0.2, 0.25) is 0 Å². The molecule has 6 heteroatoms. The van der Waals surface area contributed by atoms with Crippen LogP contribution in [0.5, 0.6) is 5.75 Å². The fraction of sp³-hybridized carbons (Fsp3) is 0.105. The summed E-state index contributed by atoms with van der Waals surface area (Å²) in [6, 6.07) is 15.0. The molecule has 2 heterocycles. The molecule has 0 saturated carbocycles. The van der Waals surface area contributed by atoms with Crippen molar-refractivity contribution in [1.29, 1.82) is 0 Å². The normalized spacial score (nSPS) is 10.3. The van der Waals surface area contributed by atoms with Crippen molar-refractivity contribution >= 4 is 23.4 Å². The molecule has 5 nitrogen and oxygen atoms in total. The number of rotatable bonds is 5. The SMILES string of the molecule is COc1ccc(Sc2ccc(C(=O)N(C)c3cccnc3)cn2)cc1. The van der Waals surface area contributed by atoms with Gasteiger partial charge < -0.3 is 9.64 Å². The van der Waals surface area contributed by atoms with Gasteiger partial charge in [-0.1, -0.05) is 11.8 Å². The van der Waals surface area contributed by atoms with E-state index in [1.807, 2.05) is 36.4 Å². The van der Waals surface area contributed by atoms with Crippen LogP contribution in [0.15, 0.2) is 77.0 Å². The molecule has 0 fully saturated rings. The molecular formula is C19H17N3O2S. The van der Waals surface area contributed by atoms with Crippen LogP contribution in [0.1, 0.15) is 10.4 Å². The Morgan fingerprint density at radius 3 is 2.48 bits per heavy atom. The number of methoxy groups -OCH3 is 1. The van der Waals surface area contributed by atoms with E-state index in [1.165, 1.54) is 11.8 Å². The minimum Gasteiger partial charge on any atom is -0.497 e. The Labute approximate surface area is 150 Å². The maximum atomic E-state index is 12.5. The molecule has 1 amide bonds. The van der Waals surface area contributed by atoms with Gasteiger partial charge in [-0.2, -0.15) is 0 Å². The van der Waals surface area contributed by atoms with E-state index in [0.29, 0.717) is 5.56 Å². The Kier molecular flexibility index (Phi) is 5.30. The van der Waals surface area contributed by atoms with Crippen LogP contribution in [0.25, 0.3) is 0 Å². The Morgan fingerprint density at radius 1 is 1.08 bits per heavy atom.